The SMILES string of the molecule is Cc1ncc(Cl)cc1C(=O)NC1CCC(Cn2c(=O)n(C3CCN(c4cccnc4)CC3)c3ccccc32)CC1. The molecule has 1 saturated heterocycles. The minimum atomic E-state index is -0.121. The number of nitrogens with zero attached hydrogens (tertiary/aromatic N) is 5. The van der Waals surface area contributed by atoms with Crippen LogP contribution < -0.4 is 15.9 Å². The molecule has 0 bridgehead atoms. The average molecular weight is 559 g/mol. The lowest BCUT2D eigenvalue weighted by molar-refractivity contribution is 0.0919. The van der Waals surface area contributed by atoms with Crippen LogP contribution in [0.4, 0.5) is 5.69 Å². The summed E-state index contributed by atoms with van der Waals surface area (Å²) in [5, 5.41) is 3.63. The third-order valence-electron chi connectivity index (χ3n) is 8.63. The molecule has 0 unspecified atom stereocenters. The zero-order valence-electron chi connectivity index (χ0n) is 22.8. The predicted molar refractivity (Wildman–Crippen MR) is 158 cm³/mol. The highest BCUT2D eigenvalue weighted by Crippen LogP contribution is 2.30. The summed E-state index contributed by atoms with van der Waals surface area (Å²) in [6.45, 7) is 4.34. The van der Waals surface area contributed by atoms with Crippen LogP contribution >= 0.6 is 11.6 Å². The van der Waals surface area contributed by atoms with Crippen LogP contribution in [0.25, 0.3) is 11.0 Å². The zero-order valence-corrected chi connectivity index (χ0v) is 23.6. The molecule has 4 aromatic rings. The van der Waals surface area contributed by atoms with Gasteiger partial charge in [0.1, 0.15) is 0 Å². The smallest absolute Gasteiger partial charge is 0.329 e. The van der Waals surface area contributed by atoms with Crippen molar-refractivity contribution < 1.29 is 4.79 Å². The Morgan fingerprint density at radius 1 is 1.00 bits per heavy atom. The van der Waals surface area contributed by atoms with Crippen LogP contribution in [0.15, 0.2) is 65.8 Å². The number of carbonyl (C=O) groups excluding carboxylic acids is 1. The summed E-state index contributed by atoms with van der Waals surface area (Å²) < 4.78 is 4.04. The molecule has 0 spiro atoms. The van der Waals surface area contributed by atoms with E-state index in [1.807, 2.05) is 40.5 Å². The standard InChI is InChI=1S/C31H35ClN6O2/c1-21-27(17-23(32)18-34-21)30(39)35-24-10-8-22(9-11-24)20-37-28-6-2-3-7-29(28)38(31(37)40)25-12-15-36(16-13-25)26-5-4-14-33-19-26/h2-7,14,17-19,22,24-25H,8-13,15-16,20H2,1H3,(H,35,39). The highest BCUT2D eigenvalue weighted by molar-refractivity contribution is 6.30. The van der Waals surface area contributed by atoms with E-state index in [0.717, 1.165) is 68.3 Å². The van der Waals surface area contributed by atoms with Gasteiger partial charge in [-0.15, -0.1) is 0 Å². The van der Waals surface area contributed by atoms with Gasteiger partial charge in [0.15, 0.2) is 0 Å². The molecule has 3 aromatic heterocycles. The number of aromatic nitrogens is 4. The fourth-order valence-corrected chi connectivity index (χ4v) is 6.59. The van der Waals surface area contributed by atoms with E-state index in [9.17, 15) is 9.59 Å². The number of piperidine rings is 1. The van der Waals surface area contributed by atoms with Crippen molar-refractivity contribution in [2.24, 2.45) is 5.92 Å². The van der Waals surface area contributed by atoms with E-state index in [2.05, 4.69) is 38.4 Å². The molecule has 1 aliphatic carbocycles. The first-order valence-electron chi connectivity index (χ1n) is 14.3. The van der Waals surface area contributed by atoms with Gasteiger partial charge < -0.3 is 10.2 Å². The molecule has 1 amide bonds. The van der Waals surface area contributed by atoms with Crippen molar-refractivity contribution in [2.75, 3.05) is 18.0 Å². The van der Waals surface area contributed by atoms with E-state index < -0.39 is 0 Å². The number of benzene rings is 1. The Morgan fingerprint density at radius 2 is 1.75 bits per heavy atom. The number of carbonyl (C=O) groups is 1. The molecular formula is C31H35ClN6O2. The molecule has 2 aliphatic rings. The second-order valence-corrected chi connectivity index (χ2v) is 11.6. The highest BCUT2D eigenvalue weighted by atomic mass is 35.5. The highest BCUT2D eigenvalue weighted by Gasteiger charge is 2.28. The Bertz CT molecular complexity index is 1550. The first-order valence-corrected chi connectivity index (χ1v) is 14.6. The van der Waals surface area contributed by atoms with E-state index >= 15 is 0 Å². The van der Waals surface area contributed by atoms with Crippen molar-refractivity contribution in [3.63, 3.8) is 0 Å². The number of amides is 1. The second-order valence-electron chi connectivity index (χ2n) is 11.2. The summed E-state index contributed by atoms with van der Waals surface area (Å²) in [5.41, 5.74) is 4.48. The lowest BCUT2D eigenvalue weighted by atomic mass is 9.85. The number of pyridine rings is 2. The van der Waals surface area contributed by atoms with Crippen LogP contribution in [-0.4, -0.2) is 44.1 Å². The molecule has 1 aromatic carbocycles. The lowest BCUT2D eigenvalue weighted by Crippen LogP contribution is -2.39. The maximum absolute atomic E-state index is 13.9. The molecule has 0 atom stereocenters. The summed E-state index contributed by atoms with van der Waals surface area (Å²) in [6, 6.07) is 14.2. The van der Waals surface area contributed by atoms with Gasteiger partial charge in [0.25, 0.3) is 5.91 Å². The van der Waals surface area contributed by atoms with Crippen LogP contribution in [0.1, 0.15) is 60.6 Å². The van der Waals surface area contributed by atoms with Gasteiger partial charge in [-0.05, 0) is 81.7 Å². The Balaban J connectivity index is 1.12. The van der Waals surface area contributed by atoms with Crippen LogP contribution in [0.2, 0.25) is 5.02 Å². The maximum Gasteiger partial charge on any atom is 0.329 e. The van der Waals surface area contributed by atoms with E-state index in [1.54, 1.807) is 18.5 Å². The fraction of sp³-hybridized carbons (Fsp3) is 0.419. The summed E-state index contributed by atoms with van der Waals surface area (Å²) >= 11 is 6.06. The van der Waals surface area contributed by atoms with Crippen LogP contribution in [0.5, 0.6) is 0 Å². The molecule has 2 fully saturated rings. The number of nitrogens with one attached hydrogen (secondary N) is 1. The maximum atomic E-state index is 13.9. The predicted octanol–water partition coefficient (Wildman–Crippen LogP) is 5.39. The van der Waals surface area contributed by atoms with Gasteiger partial charge in [-0.2, -0.15) is 0 Å². The number of para-hydroxylation sites is 2. The summed E-state index contributed by atoms with van der Waals surface area (Å²) in [7, 11) is 0. The monoisotopic (exact) mass is 558 g/mol. The molecule has 6 rings (SSSR count). The first-order chi connectivity index (χ1) is 19.5. The summed E-state index contributed by atoms with van der Waals surface area (Å²) in [4.78, 5) is 37.5. The zero-order chi connectivity index (χ0) is 27.6. The molecule has 40 heavy (non-hydrogen) atoms. The molecule has 9 heteroatoms. The molecule has 1 saturated carbocycles. The Morgan fingerprint density at radius 3 is 2.48 bits per heavy atom. The number of imidazole rings is 1. The van der Waals surface area contributed by atoms with Gasteiger partial charge in [0, 0.05) is 44.1 Å². The van der Waals surface area contributed by atoms with Crippen molar-refractivity contribution in [3.8, 4) is 0 Å². The number of hydrogen-bond donors (Lipinski definition) is 1. The molecule has 1 aliphatic heterocycles. The van der Waals surface area contributed by atoms with E-state index in [1.165, 1.54) is 0 Å². The van der Waals surface area contributed by atoms with Crippen molar-refractivity contribution in [1.29, 1.82) is 0 Å². The minimum absolute atomic E-state index is 0.0976. The third-order valence-corrected chi connectivity index (χ3v) is 8.84. The second kappa shape index (κ2) is 11.5. The van der Waals surface area contributed by atoms with Gasteiger partial charge in [0.05, 0.1) is 39.2 Å². The van der Waals surface area contributed by atoms with Gasteiger partial charge in [-0.3, -0.25) is 23.9 Å². The third kappa shape index (κ3) is 5.37. The quantitative estimate of drug-likeness (QED) is 0.343. The van der Waals surface area contributed by atoms with Crippen molar-refractivity contribution in [3.05, 3.63) is 87.8 Å². The number of halogens is 1. The molecule has 4 heterocycles. The number of anilines is 1. The number of hydrogen-bond acceptors (Lipinski definition) is 5. The minimum Gasteiger partial charge on any atom is -0.370 e. The normalized spacial score (nSPS) is 20.1. The van der Waals surface area contributed by atoms with Gasteiger partial charge in [0.2, 0.25) is 0 Å². The van der Waals surface area contributed by atoms with Gasteiger partial charge >= 0.3 is 5.69 Å². The Labute approximate surface area is 239 Å². The first kappa shape index (κ1) is 26.6. The van der Waals surface area contributed by atoms with Crippen molar-refractivity contribution in [2.45, 2.75) is 64.1 Å². The number of aryl methyl sites for hydroxylation is 1. The molecule has 8 nitrogen and oxygen atoms in total. The van der Waals surface area contributed by atoms with Crippen molar-refractivity contribution in [1.82, 2.24) is 24.4 Å². The van der Waals surface area contributed by atoms with Gasteiger partial charge in [-0.25, -0.2) is 4.79 Å². The van der Waals surface area contributed by atoms with Crippen LogP contribution in [0, 0.1) is 12.8 Å². The van der Waals surface area contributed by atoms with E-state index in [4.69, 9.17) is 11.6 Å². The molecular weight excluding hydrogens is 524 g/mol. The Kier molecular flexibility index (Phi) is 7.61. The van der Waals surface area contributed by atoms with Crippen LogP contribution in [-0.2, 0) is 6.54 Å². The summed E-state index contributed by atoms with van der Waals surface area (Å²) in [6.07, 6.45) is 10.8. The van der Waals surface area contributed by atoms with Crippen LogP contribution in [0.3, 0.4) is 0 Å². The van der Waals surface area contributed by atoms with Gasteiger partial charge in [-0.1, -0.05) is 23.7 Å². The Hall–Kier alpha value is -3.65. The number of rotatable bonds is 6. The lowest BCUT2D eigenvalue weighted by Gasteiger charge is -2.33. The molecule has 1 N–H and O–H groups in total. The molecule has 208 valence electrons. The average Bonchev–Trinajstić information content (AvgIpc) is 3.26. The van der Waals surface area contributed by atoms with Crippen molar-refractivity contribution >= 4 is 34.2 Å². The fourth-order valence-electron chi connectivity index (χ4n) is 6.43. The topological polar surface area (TPSA) is 85.0 Å². The molecule has 0 radical (unpaired) electrons. The van der Waals surface area contributed by atoms with E-state index in [-0.39, 0.29) is 23.7 Å². The number of fused-ring (bicyclic) bond motifs is 1. The summed E-state index contributed by atoms with van der Waals surface area (Å²) in [5.74, 6) is 0.275. The largest absolute Gasteiger partial charge is 0.370 e. The van der Waals surface area contributed by atoms with E-state index in [0.29, 0.717) is 28.7 Å².